The summed E-state index contributed by atoms with van der Waals surface area (Å²) >= 11 is 6.04. The number of anilines is 1. The first-order valence-electron chi connectivity index (χ1n) is 9.12. The fourth-order valence-electron chi connectivity index (χ4n) is 2.79. The molecule has 0 saturated carbocycles. The molecule has 0 fully saturated rings. The number of nitrogens with one attached hydrogen (secondary N) is 1. The lowest BCUT2D eigenvalue weighted by molar-refractivity contribution is -0.213. The van der Waals surface area contributed by atoms with Gasteiger partial charge in [0, 0.05) is 12.1 Å². The molecule has 0 radical (unpaired) electrons. The molecular formula is C22H20ClN2O4S-. The van der Waals surface area contributed by atoms with Crippen molar-refractivity contribution >= 4 is 33.2 Å². The van der Waals surface area contributed by atoms with E-state index in [9.17, 15) is 13.5 Å². The van der Waals surface area contributed by atoms with Gasteiger partial charge in [0.05, 0.1) is 22.7 Å². The molecule has 1 N–H and O–H groups in total. The van der Waals surface area contributed by atoms with E-state index >= 15 is 0 Å². The van der Waals surface area contributed by atoms with Crippen LogP contribution in [0, 0.1) is 0 Å². The van der Waals surface area contributed by atoms with E-state index in [0.717, 1.165) is 5.56 Å². The maximum Gasteiger partial charge on any atom is 0.261 e. The predicted octanol–water partition coefficient (Wildman–Crippen LogP) is 3.50. The van der Waals surface area contributed by atoms with Crippen molar-refractivity contribution < 1.29 is 18.3 Å². The molecule has 0 amide bonds. The summed E-state index contributed by atoms with van der Waals surface area (Å²) in [7, 11) is -2.52. The lowest BCUT2D eigenvalue weighted by atomic mass is 10.1. The van der Waals surface area contributed by atoms with Crippen LogP contribution >= 0.6 is 11.6 Å². The van der Waals surface area contributed by atoms with Gasteiger partial charge in [0.15, 0.2) is 0 Å². The summed E-state index contributed by atoms with van der Waals surface area (Å²) in [4.78, 5) is 4.03. The SMILES string of the molecule is COc1ccc(S(=O)(=O)Nc2ccccc2C([O-])=NCCc2ccccc2)cc1Cl. The van der Waals surface area contributed by atoms with E-state index in [4.69, 9.17) is 16.3 Å². The van der Waals surface area contributed by atoms with Gasteiger partial charge in [0.25, 0.3) is 10.0 Å². The number of benzene rings is 3. The van der Waals surface area contributed by atoms with E-state index in [1.807, 2.05) is 30.3 Å². The second-order valence-electron chi connectivity index (χ2n) is 6.37. The summed E-state index contributed by atoms with van der Waals surface area (Å²) in [5.74, 6) is -0.125. The van der Waals surface area contributed by atoms with Crippen LogP contribution in [0.1, 0.15) is 11.1 Å². The first-order valence-corrected chi connectivity index (χ1v) is 11.0. The van der Waals surface area contributed by atoms with Gasteiger partial charge in [0.2, 0.25) is 0 Å². The molecule has 30 heavy (non-hydrogen) atoms. The van der Waals surface area contributed by atoms with E-state index in [1.165, 1.54) is 37.4 Å². The van der Waals surface area contributed by atoms with Crippen LogP contribution in [0.4, 0.5) is 5.69 Å². The quantitative estimate of drug-likeness (QED) is 0.426. The van der Waals surface area contributed by atoms with Gasteiger partial charge >= 0.3 is 0 Å². The summed E-state index contributed by atoms with van der Waals surface area (Å²) in [6, 6.07) is 20.2. The van der Waals surface area contributed by atoms with E-state index in [0.29, 0.717) is 18.7 Å². The molecule has 0 aliphatic heterocycles. The zero-order valence-electron chi connectivity index (χ0n) is 16.2. The Morgan fingerprint density at radius 2 is 1.77 bits per heavy atom. The predicted molar refractivity (Wildman–Crippen MR) is 117 cm³/mol. The number of halogens is 1. The van der Waals surface area contributed by atoms with Crippen molar-refractivity contribution in [2.45, 2.75) is 11.3 Å². The first kappa shape index (κ1) is 21.7. The third-order valence-electron chi connectivity index (χ3n) is 4.33. The fraction of sp³-hybridized carbons (Fsp3) is 0.136. The minimum atomic E-state index is -3.96. The molecule has 0 aliphatic rings. The van der Waals surface area contributed by atoms with E-state index in [2.05, 4.69) is 9.71 Å². The third kappa shape index (κ3) is 5.31. The molecule has 0 aliphatic carbocycles. The van der Waals surface area contributed by atoms with Gasteiger partial charge in [-0.1, -0.05) is 60.1 Å². The van der Waals surface area contributed by atoms with Gasteiger partial charge in [0.1, 0.15) is 5.75 Å². The Morgan fingerprint density at radius 3 is 2.47 bits per heavy atom. The van der Waals surface area contributed by atoms with E-state index < -0.39 is 15.9 Å². The highest BCUT2D eigenvalue weighted by molar-refractivity contribution is 7.92. The van der Waals surface area contributed by atoms with Crippen molar-refractivity contribution in [2.75, 3.05) is 18.4 Å². The summed E-state index contributed by atoms with van der Waals surface area (Å²) in [6.07, 6.45) is 0.616. The van der Waals surface area contributed by atoms with E-state index in [1.54, 1.807) is 12.1 Å². The highest BCUT2D eigenvalue weighted by Crippen LogP contribution is 2.28. The number of sulfonamides is 1. The number of aliphatic imine (C=N–C) groups is 1. The van der Waals surface area contributed by atoms with Crippen molar-refractivity contribution in [3.05, 3.63) is 88.9 Å². The van der Waals surface area contributed by atoms with Crippen LogP contribution in [0.25, 0.3) is 0 Å². The minimum Gasteiger partial charge on any atom is -0.858 e. The number of para-hydroxylation sites is 1. The number of nitrogens with zero attached hydrogens (tertiary/aromatic N) is 1. The minimum absolute atomic E-state index is 0.0448. The molecule has 6 nitrogen and oxygen atoms in total. The van der Waals surface area contributed by atoms with Crippen LogP contribution in [0.15, 0.2) is 82.7 Å². The molecule has 0 spiro atoms. The molecule has 3 aromatic carbocycles. The van der Waals surface area contributed by atoms with Crippen LogP contribution < -0.4 is 14.6 Å². The normalized spacial score (nSPS) is 11.9. The molecule has 0 unspecified atom stereocenters. The number of hydrogen-bond donors (Lipinski definition) is 1. The van der Waals surface area contributed by atoms with Crippen LogP contribution in [-0.4, -0.2) is 28.0 Å². The largest absolute Gasteiger partial charge is 0.858 e. The number of hydrogen-bond acceptors (Lipinski definition) is 5. The van der Waals surface area contributed by atoms with Gasteiger partial charge < -0.3 is 14.8 Å². The Balaban J connectivity index is 1.80. The zero-order chi connectivity index (χ0) is 21.6. The Hall–Kier alpha value is -3.03. The molecule has 156 valence electrons. The number of methoxy groups -OCH3 is 1. The van der Waals surface area contributed by atoms with Crippen molar-refractivity contribution in [3.8, 4) is 5.75 Å². The second kappa shape index (κ2) is 9.65. The summed E-state index contributed by atoms with van der Waals surface area (Å²) in [5, 5.41) is 12.7. The molecule has 0 saturated heterocycles. The van der Waals surface area contributed by atoms with E-state index in [-0.39, 0.29) is 21.2 Å². The Labute approximate surface area is 180 Å². The molecule has 0 atom stereocenters. The Bertz CT molecular complexity index is 1150. The lowest BCUT2D eigenvalue weighted by Gasteiger charge is -2.17. The first-order chi connectivity index (χ1) is 14.4. The van der Waals surface area contributed by atoms with Crippen molar-refractivity contribution in [3.63, 3.8) is 0 Å². The average Bonchev–Trinajstić information content (AvgIpc) is 2.74. The van der Waals surface area contributed by atoms with Crippen molar-refractivity contribution in [1.82, 2.24) is 0 Å². The average molecular weight is 444 g/mol. The summed E-state index contributed by atoms with van der Waals surface area (Å²) in [5.41, 5.74) is 1.39. The second-order valence-corrected chi connectivity index (χ2v) is 8.46. The van der Waals surface area contributed by atoms with Crippen LogP contribution in [-0.2, 0) is 16.4 Å². The van der Waals surface area contributed by atoms with Crippen LogP contribution in [0.2, 0.25) is 5.02 Å². The van der Waals surface area contributed by atoms with Gasteiger partial charge in [-0.15, -0.1) is 0 Å². The molecule has 3 rings (SSSR count). The maximum absolute atomic E-state index is 12.8. The Morgan fingerprint density at radius 1 is 1.07 bits per heavy atom. The molecule has 0 bridgehead atoms. The fourth-order valence-corrected chi connectivity index (χ4v) is 4.22. The number of ether oxygens (including phenoxy) is 1. The van der Waals surface area contributed by atoms with Crippen molar-refractivity contribution in [1.29, 1.82) is 0 Å². The van der Waals surface area contributed by atoms with Crippen LogP contribution in [0.5, 0.6) is 5.75 Å². The third-order valence-corrected chi connectivity index (χ3v) is 5.99. The molecule has 0 heterocycles. The van der Waals surface area contributed by atoms with Crippen molar-refractivity contribution in [2.24, 2.45) is 4.99 Å². The molecule has 0 aromatic heterocycles. The summed E-state index contributed by atoms with van der Waals surface area (Å²) in [6.45, 7) is 0.304. The smallest absolute Gasteiger partial charge is 0.261 e. The van der Waals surface area contributed by atoms with Gasteiger partial charge in [-0.2, -0.15) is 0 Å². The molecular weight excluding hydrogens is 424 g/mol. The van der Waals surface area contributed by atoms with Crippen LogP contribution in [0.3, 0.4) is 0 Å². The maximum atomic E-state index is 12.8. The van der Waals surface area contributed by atoms with Gasteiger partial charge in [-0.3, -0.25) is 4.72 Å². The zero-order valence-corrected chi connectivity index (χ0v) is 17.8. The monoisotopic (exact) mass is 443 g/mol. The number of rotatable bonds is 8. The highest BCUT2D eigenvalue weighted by atomic mass is 35.5. The Kier molecular flexibility index (Phi) is 6.97. The lowest BCUT2D eigenvalue weighted by Crippen LogP contribution is -2.23. The highest BCUT2D eigenvalue weighted by Gasteiger charge is 2.17. The van der Waals surface area contributed by atoms with Gasteiger partial charge in [-0.25, -0.2) is 8.42 Å². The standard InChI is InChI=1S/C22H21ClN2O4S/c1-29-21-12-11-17(15-19(21)23)30(27,28)25-20-10-6-5-9-18(20)22(26)24-14-13-16-7-3-2-4-8-16/h2-12,15,25H,13-14H2,1H3,(H,24,26)/p-1. The van der Waals surface area contributed by atoms with Gasteiger partial charge in [-0.05, 0) is 42.1 Å². The molecule has 8 heteroatoms. The topological polar surface area (TPSA) is 90.8 Å². The molecule has 3 aromatic rings. The summed E-state index contributed by atoms with van der Waals surface area (Å²) < 4.78 is 33.0.